The molecular formula is C20H28F3IN6O. The highest BCUT2D eigenvalue weighted by Gasteiger charge is 2.30. The first kappa shape index (κ1) is 25.4. The summed E-state index contributed by atoms with van der Waals surface area (Å²) in [6.45, 7) is 4.84. The third-order valence-corrected chi connectivity index (χ3v) is 4.95. The highest BCUT2D eigenvalue weighted by atomic mass is 127. The Kier molecular flexibility index (Phi) is 9.54. The van der Waals surface area contributed by atoms with Gasteiger partial charge in [-0.1, -0.05) is 17.3 Å². The molecule has 0 saturated carbocycles. The number of nitrogens with zero attached hydrogens (tertiary/aromatic N) is 4. The van der Waals surface area contributed by atoms with Crippen LogP contribution < -0.4 is 10.6 Å². The molecule has 0 aliphatic carbocycles. The molecule has 1 aliphatic heterocycles. The number of alkyl halides is 3. The molecule has 31 heavy (non-hydrogen) atoms. The quantitative estimate of drug-likeness (QED) is 0.238. The van der Waals surface area contributed by atoms with Crippen molar-refractivity contribution in [1.29, 1.82) is 0 Å². The van der Waals surface area contributed by atoms with Gasteiger partial charge < -0.3 is 15.2 Å². The predicted octanol–water partition coefficient (Wildman–Crippen LogP) is 3.39. The minimum atomic E-state index is -4.30. The highest BCUT2D eigenvalue weighted by Crippen LogP contribution is 2.29. The van der Waals surface area contributed by atoms with E-state index in [1.165, 1.54) is 0 Å². The minimum absolute atomic E-state index is 0. The smallest absolute Gasteiger partial charge is 0.356 e. The second kappa shape index (κ2) is 11.7. The second-order valence-electron chi connectivity index (χ2n) is 7.40. The first-order valence-electron chi connectivity index (χ1n) is 9.98. The van der Waals surface area contributed by atoms with Crippen molar-refractivity contribution in [2.75, 3.05) is 26.7 Å². The van der Waals surface area contributed by atoms with Crippen LogP contribution in [0.5, 0.6) is 0 Å². The molecule has 0 radical (unpaired) electrons. The predicted molar refractivity (Wildman–Crippen MR) is 122 cm³/mol. The molecular weight excluding hydrogens is 524 g/mol. The Morgan fingerprint density at radius 3 is 2.65 bits per heavy atom. The van der Waals surface area contributed by atoms with E-state index in [2.05, 4.69) is 30.7 Å². The number of likely N-dealkylation sites (tertiary alicyclic amines) is 1. The average Bonchev–Trinajstić information content (AvgIpc) is 3.32. The molecule has 1 saturated heterocycles. The maximum atomic E-state index is 12.7. The van der Waals surface area contributed by atoms with Gasteiger partial charge in [-0.05, 0) is 37.5 Å². The number of benzene rings is 1. The number of aryl methyl sites for hydroxylation is 2. The summed E-state index contributed by atoms with van der Waals surface area (Å²) < 4.78 is 43.1. The van der Waals surface area contributed by atoms with E-state index in [0.717, 1.165) is 56.1 Å². The molecule has 3 rings (SSSR count). The molecule has 2 heterocycles. The average molecular weight is 552 g/mol. The van der Waals surface area contributed by atoms with Gasteiger partial charge in [-0.3, -0.25) is 9.89 Å². The van der Waals surface area contributed by atoms with Gasteiger partial charge in [0.2, 0.25) is 5.89 Å². The van der Waals surface area contributed by atoms with E-state index >= 15 is 0 Å². The van der Waals surface area contributed by atoms with Crippen molar-refractivity contribution in [1.82, 2.24) is 25.7 Å². The summed E-state index contributed by atoms with van der Waals surface area (Å²) >= 11 is 0. The van der Waals surface area contributed by atoms with Crippen LogP contribution in [0, 0.1) is 6.92 Å². The lowest BCUT2D eigenvalue weighted by atomic mass is 10.1. The third-order valence-electron chi connectivity index (χ3n) is 4.95. The van der Waals surface area contributed by atoms with Crippen molar-refractivity contribution in [3.63, 3.8) is 0 Å². The van der Waals surface area contributed by atoms with Crippen molar-refractivity contribution < 1.29 is 17.7 Å². The van der Waals surface area contributed by atoms with E-state index in [-0.39, 0.29) is 30.0 Å². The summed E-state index contributed by atoms with van der Waals surface area (Å²) in [4.78, 5) is 10.7. The Morgan fingerprint density at radius 1 is 1.29 bits per heavy atom. The Bertz CT molecular complexity index is 840. The monoisotopic (exact) mass is 552 g/mol. The molecule has 1 aromatic heterocycles. The number of guanidine groups is 1. The Labute approximate surface area is 196 Å². The van der Waals surface area contributed by atoms with Crippen LogP contribution in [-0.4, -0.2) is 53.7 Å². The largest absolute Gasteiger partial charge is 0.416 e. The zero-order valence-corrected chi connectivity index (χ0v) is 19.9. The van der Waals surface area contributed by atoms with E-state index in [9.17, 15) is 13.2 Å². The van der Waals surface area contributed by atoms with Gasteiger partial charge in [0.1, 0.15) is 0 Å². The molecule has 11 heteroatoms. The van der Waals surface area contributed by atoms with Gasteiger partial charge in [0.25, 0.3) is 0 Å². The van der Waals surface area contributed by atoms with E-state index in [0.29, 0.717) is 24.7 Å². The fourth-order valence-electron chi connectivity index (χ4n) is 3.43. The van der Waals surface area contributed by atoms with Crippen LogP contribution in [0.2, 0.25) is 0 Å². The van der Waals surface area contributed by atoms with E-state index in [1.807, 2.05) is 0 Å². The molecule has 172 valence electrons. The Hall–Kier alpha value is -1.89. The fourth-order valence-corrected chi connectivity index (χ4v) is 3.43. The second-order valence-corrected chi connectivity index (χ2v) is 7.40. The number of aromatic nitrogens is 2. The van der Waals surface area contributed by atoms with Gasteiger partial charge in [-0.15, -0.1) is 24.0 Å². The van der Waals surface area contributed by atoms with Crippen LogP contribution in [0.3, 0.4) is 0 Å². The summed E-state index contributed by atoms with van der Waals surface area (Å²) in [6.07, 6.45) is -1.81. The highest BCUT2D eigenvalue weighted by molar-refractivity contribution is 14.0. The lowest BCUT2D eigenvalue weighted by Crippen LogP contribution is -2.44. The van der Waals surface area contributed by atoms with Gasteiger partial charge in [0.15, 0.2) is 11.8 Å². The molecule has 1 aromatic carbocycles. The fraction of sp³-hybridized carbons (Fsp3) is 0.550. The molecule has 1 aliphatic rings. The van der Waals surface area contributed by atoms with Crippen molar-refractivity contribution >= 4 is 29.9 Å². The van der Waals surface area contributed by atoms with Gasteiger partial charge in [-0.25, -0.2) is 0 Å². The first-order valence-corrected chi connectivity index (χ1v) is 9.98. The molecule has 1 unspecified atom stereocenters. The summed E-state index contributed by atoms with van der Waals surface area (Å²) in [5.74, 6) is 2.00. The summed E-state index contributed by atoms with van der Waals surface area (Å²) in [6, 6.07) is 5.62. The number of nitrogens with one attached hydrogen (secondary N) is 2. The van der Waals surface area contributed by atoms with Crippen molar-refractivity contribution in [3.05, 3.63) is 47.1 Å². The van der Waals surface area contributed by atoms with Crippen LogP contribution >= 0.6 is 24.0 Å². The number of hydrogen-bond acceptors (Lipinski definition) is 5. The van der Waals surface area contributed by atoms with Gasteiger partial charge in [-0.2, -0.15) is 18.2 Å². The zero-order chi connectivity index (χ0) is 21.6. The standard InChI is InChI=1S/C20H27F3N6O.HI/c1-14-26-18(30-28-14)4-3-10-25-19(24-2)27-17-9-11-29(13-17)12-15-5-7-16(8-6-15)20(21,22)23;/h5-8,17H,3-4,9-13H2,1-2H3,(H2,24,25,27);1H. The SMILES string of the molecule is CN=C(NCCCc1nc(C)no1)NC1CCN(Cc2ccc(C(F)(F)F)cc2)C1.I. The lowest BCUT2D eigenvalue weighted by Gasteiger charge is -2.19. The van der Waals surface area contributed by atoms with E-state index in [1.54, 1.807) is 26.1 Å². The molecule has 1 atom stereocenters. The molecule has 2 N–H and O–H groups in total. The Morgan fingerprint density at radius 2 is 2.03 bits per heavy atom. The van der Waals surface area contributed by atoms with Crippen molar-refractivity contribution in [3.8, 4) is 0 Å². The number of hydrogen-bond donors (Lipinski definition) is 2. The molecule has 0 bridgehead atoms. The summed E-state index contributed by atoms with van der Waals surface area (Å²) in [7, 11) is 1.73. The van der Waals surface area contributed by atoms with Crippen LogP contribution in [0.15, 0.2) is 33.8 Å². The van der Waals surface area contributed by atoms with Crippen LogP contribution in [0.1, 0.15) is 35.7 Å². The molecule has 0 amide bonds. The van der Waals surface area contributed by atoms with Gasteiger partial charge in [0.05, 0.1) is 5.56 Å². The molecule has 2 aromatic rings. The van der Waals surface area contributed by atoms with Crippen LogP contribution in [0.25, 0.3) is 0 Å². The van der Waals surface area contributed by atoms with Crippen LogP contribution in [0.4, 0.5) is 13.2 Å². The Balaban J connectivity index is 0.00000341. The molecule has 1 fully saturated rings. The van der Waals surface area contributed by atoms with E-state index in [4.69, 9.17) is 4.52 Å². The lowest BCUT2D eigenvalue weighted by molar-refractivity contribution is -0.137. The maximum absolute atomic E-state index is 12.7. The number of rotatable bonds is 7. The number of aliphatic imine (C=N–C) groups is 1. The third kappa shape index (κ3) is 7.95. The van der Waals surface area contributed by atoms with Gasteiger partial charge in [0, 0.05) is 45.7 Å². The van der Waals surface area contributed by atoms with E-state index < -0.39 is 11.7 Å². The minimum Gasteiger partial charge on any atom is -0.356 e. The number of halogens is 4. The maximum Gasteiger partial charge on any atom is 0.416 e. The molecule has 0 spiro atoms. The molecule has 7 nitrogen and oxygen atoms in total. The zero-order valence-electron chi connectivity index (χ0n) is 17.6. The van der Waals surface area contributed by atoms with Crippen LogP contribution in [-0.2, 0) is 19.1 Å². The van der Waals surface area contributed by atoms with Gasteiger partial charge >= 0.3 is 6.18 Å². The summed E-state index contributed by atoms with van der Waals surface area (Å²) in [5.41, 5.74) is 0.263. The first-order chi connectivity index (χ1) is 14.3. The topological polar surface area (TPSA) is 78.6 Å². The summed E-state index contributed by atoms with van der Waals surface area (Å²) in [5, 5.41) is 10.5. The normalized spacial score (nSPS) is 17.5. The van der Waals surface area contributed by atoms with Crippen molar-refractivity contribution in [2.45, 2.75) is 44.9 Å². The van der Waals surface area contributed by atoms with Crippen molar-refractivity contribution in [2.24, 2.45) is 4.99 Å².